The topological polar surface area (TPSA) is 93.1 Å². The summed E-state index contributed by atoms with van der Waals surface area (Å²) in [6.45, 7) is 6.37. The van der Waals surface area contributed by atoms with Gasteiger partial charge in [-0.05, 0) is 31.4 Å². The van der Waals surface area contributed by atoms with Gasteiger partial charge >= 0.3 is 6.03 Å². The molecule has 2 N–H and O–H groups in total. The van der Waals surface area contributed by atoms with Gasteiger partial charge in [0.1, 0.15) is 0 Å². The van der Waals surface area contributed by atoms with E-state index in [0.717, 1.165) is 31.0 Å². The van der Waals surface area contributed by atoms with E-state index in [1.165, 1.54) is 7.05 Å². The zero-order valence-corrected chi connectivity index (χ0v) is 17.6. The molecule has 28 heavy (non-hydrogen) atoms. The van der Waals surface area contributed by atoms with Crippen LogP contribution in [0, 0.1) is 5.92 Å². The molecule has 0 spiro atoms. The third kappa shape index (κ3) is 5.82. The molecule has 1 atom stereocenters. The number of thioether (sulfide) groups is 1. The molecule has 0 bridgehead atoms. The molecular formula is C20H28N4O3S. The Kier molecular flexibility index (Phi) is 8.04. The van der Waals surface area contributed by atoms with Crippen LogP contribution in [-0.4, -0.2) is 34.3 Å². The zero-order valence-electron chi connectivity index (χ0n) is 16.8. The Morgan fingerprint density at radius 2 is 1.89 bits per heavy atom. The summed E-state index contributed by atoms with van der Waals surface area (Å²) in [6, 6.07) is 6.62. The van der Waals surface area contributed by atoms with Gasteiger partial charge in [-0.3, -0.25) is 19.5 Å². The molecule has 0 radical (unpaired) electrons. The van der Waals surface area contributed by atoms with Crippen molar-refractivity contribution < 1.29 is 9.59 Å². The average Bonchev–Trinajstić information content (AvgIpc) is 2.65. The molecule has 2 aromatic rings. The second-order valence-electron chi connectivity index (χ2n) is 7.18. The van der Waals surface area contributed by atoms with Crippen molar-refractivity contribution in [2.24, 2.45) is 5.92 Å². The Balaban J connectivity index is 2.29. The third-order valence-corrected chi connectivity index (χ3v) is 5.38. The Morgan fingerprint density at radius 1 is 1.18 bits per heavy atom. The van der Waals surface area contributed by atoms with Crippen LogP contribution >= 0.6 is 11.8 Å². The normalized spacial score (nSPS) is 12.2. The number of para-hydroxylation sites is 1. The smallest absolute Gasteiger partial charge is 0.321 e. The number of fused-ring (bicyclic) bond motifs is 1. The van der Waals surface area contributed by atoms with Crippen molar-refractivity contribution >= 4 is 34.6 Å². The summed E-state index contributed by atoms with van der Waals surface area (Å²) in [5, 5.41) is 5.62. The number of carbonyl (C=O) groups excluding carboxylic acids is 2. The Bertz CT molecular complexity index is 895. The highest BCUT2D eigenvalue weighted by Gasteiger charge is 2.18. The Hall–Kier alpha value is -2.35. The van der Waals surface area contributed by atoms with Crippen LogP contribution in [-0.2, 0) is 4.79 Å². The Morgan fingerprint density at radius 3 is 2.57 bits per heavy atom. The highest BCUT2D eigenvalue weighted by molar-refractivity contribution is 7.99. The molecule has 1 aromatic carbocycles. The third-order valence-electron chi connectivity index (χ3n) is 4.43. The van der Waals surface area contributed by atoms with Crippen LogP contribution in [0.15, 0.2) is 34.2 Å². The monoisotopic (exact) mass is 404 g/mol. The Labute approximate surface area is 169 Å². The van der Waals surface area contributed by atoms with Crippen LogP contribution < -0.4 is 16.2 Å². The van der Waals surface area contributed by atoms with Crippen molar-refractivity contribution in [3.63, 3.8) is 0 Å². The van der Waals surface area contributed by atoms with E-state index in [1.54, 1.807) is 16.7 Å². The molecule has 3 amide bonds. The largest absolute Gasteiger partial charge is 0.341 e. The van der Waals surface area contributed by atoms with Gasteiger partial charge in [0.05, 0.1) is 16.7 Å². The van der Waals surface area contributed by atoms with Gasteiger partial charge in [-0.15, -0.1) is 0 Å². The lowest BCUT2D eigenvalue weighted by atomic mass is 10.0. The van der Waals surface area contributed by atoms with Crippen molar-refractivity contribution in [3.8, 4) is 0 Å². The molecule has 8 heteroatoms. The number of urea groups is 1. The molecule has 0 unspecified atom stereocenters. The highest BCUT2D eigenvalue weighted by Crippen LogP contribution is 2.24. The van der Waals surface area contributed by atoms with Gasteiger partial charge in [0.15, 0.2) is 5.16 Å². The van der Waals surface area contributed by atoms with E-state index in [4.69, 9.17) is 0 Å². The number of carbonyl (C=O) groups is 2. The molecule has 7 nitrogen and oxygen atoms in total. The van der Waals surface area contributed by atoms with Gasteiger partial charge in [-0.25, -0.2) is 9.78 Å². The lowest BCUT2D eigenvalue weighted by Gasteiger charge is -2.20. The maximum Gasteiger partial charge on any atom is 0.321 e. The molecule has 1 heterocycles. The van der Waals surface area contributed by atoms with Gasteiger partial charge in [0, 0.05) is 13.1 Å². The van der Waals surface area contributed by atoms with Crippen molar-refractivity contribution in [2.45, 2.75) is 51.2 Å². The number of nitrogens with one attached hydrogen (secondary N) is 2. The molecule has 0 aliphatic rings. The summed E-state index contributed by atoms with van der Waals surface area (Å²) in [4.78, 5) is 41.0. The van der Waals surface area contributed by atoms with E-state index in [9.17, 15) is 14.4 Å². The minimum atomic E-state index is -0.559. The first-order valence-corrected chi connectivity index (χ1v) is 10.5. The van der Waals surface area contributed by atoms with Gasteiger partial charge in [0.2, 0.25) is 5.91 Å². The van der Waals surface area contributed by atoms with Gasteiger partial charge in [-0.2, -0.15) is 0 Å². The molecule has 0 saturated heterocycles. The van der Waals surface area contributed by atoms with Crippen molar-refractivity contribution in [3.05, 3.63) is 34.6 Å². The van der Waals surface area contributed by atoms with Crippen LogP contribution in [0.1, 0.15) is 46.1 Å². The highest BCUT2D eigenvalue weighted by atomic mass is 32.2. The fourth-order valence-corrected chi connectivity index (χ4v) is 3.82. The lowest BCUT2D eigenvalue weighted by Crippen LogP contribution is -2.38. The predicted octanol–water partition coefficient (Wildman–Crippen LogP) is 3.33. The van der Waals surface area contributed by atoms with Gasteiger partial charge < -0.3 is 5.32 Å². The second-order valence-corrected chi connectivity index (χ2v) is 8.12. The minimum absolute atomic E-state index is 0.00306. The van der Waals surface area contributed by atoms with E-state index in [2.05, 4.69) is 29.5 Å². The molecule has 2 rings (SSSR count). The van der Waals surface area contributed by atoms with Crippen LogP contribution in [0.3, 0.4) is 0 Å². The maximum absolute atomic E-state index is 13.1. The number of amides is 3. The minimum Gasteiger partial charge on any atom is -0.341 e. The van der Waals surface area contributed by atoms with Crippen molar-refractivity contribution in [1.29, 1.82) is 0 Å². The first kappa shape index (κ1) is 21.9. The van der Waals surface area contributed by atoms with E-state index >= 15 is 0 Å². The van der Waals surface area contributed by atoms with Gasteiger partial charge in [0.25, 0.3) is 5.56 Å². The average molecular weight is 405 g/mol. The van der Waals surface area contributed by atoms with E-state index in [-0.39, 0.29) is 17.4 Å². The second kappa shape index (κ2) is 10.3. The van der Waals surface area contributed by atoms with E-state index in [1.807, 2.05) is 19.1 Å². The number of benzene rings is 1. The maximum atomic E-state index is 13.1. The summed E-state index contributed by atoms with van der Waals surface area (Å²) in [5.41, 5.74) is 0.504. The molecule has 1 aromatic heterocycles. The fourth-order valence-electron chi connectivity index (χ4n) is 2.92. The molecule has 152 valence electrons. The molecule has 0 fully saturated rings. The summed E-state index contributed by atoms with van der Waals surface area (Å²) in [7, 11) is 1.44. The number of imide groups is 1. The summed E-state index contributed by atoms with van der Waals surface area (Å²) in [5.74, 6) is 0.170. The first-order chi connectivity index (χ1) is 13.3. The van der Waals surface area contributed by atoms with Crippen molar-refractivity contribution in [2.75, 3.05) is 12.8 Å². The molecule has 0 saturated carbocycles. The van der Waals surface area contributed by atoms with Gasteiger partial charge in [-0.1, -0.05) is 50.6 Å². The molecular weight excluding hydrogens is 376 g/mol. The number of hydrogen-bond acceptors (Lipinski definition) is 5. The zero-order chi connectivity index (χ0) is 20.7. The lowest BCUT2D eigenvalue weighted by molar-refractivity contribution is -0.117. The standard InChI is InChI=1S/C20H28N4O3S/c1-13(2)8-7-9-14(3)24-18(26)15-10-5-6-11-16(15)22-20(24)28-12-17(25)23-19(27)21-4/h5-6,10-11,13-14H,7-9,12H2,1-4H3,(H2,21,23,25,27)/t14-/m0/s1. The quantitative estimate of drug-likeness (QED) is 0.520. The summed E-state index contributed by atoms with van der Waals surface area (Å²) >= 11 is 1.16. The molecule has 0 aliphatic heterocycles. The number of hydrogen-bond donors (Lipinski definition) is 2. The van der Waals surface area contributed by atoms with Crippen LogP contribution in [0.25, 0.3) is 10.9 Å². The van der Waals surface area contributed by atoms with Crippen molar-refractivity contribution in [1.82, 2.24) is 20.2 Å². The van der Waals surface area contributed by atoms with E-state index < -0.39 is 11.9 Å². The number of aromatic nitrogens is 2. The number of nitrogens with zero attached hydrogens (tertiary/aromatic N) is 2. The fraction of sp³-hybridized carbons (Fsp3) is 0.500. The predicted molar refractivity (Wildman–Crippen MR) is 113 cm³/mol. The SMILES string of the molecule is CNC(=O)NC(=O)CSc1nc2ccccc2c(=O)n1[C@@H](C)CCCC(C)C. The summed E-state index contributed by atoms with van der Waals surface area (Å²) in [6.07, 6.45) is 2.96. The molecule has 0 aliphatic carbocycles. The van der Waals surface area contributed by atoms with Crippen LogP contribution in [0.2, 0.25) is 0 Å². The van der Waals surface area contributed by atoms with Crippen LogP contribution in [0.4, 0.5) is 4.79 Å². The number of rotatable bonds is 8. The first-order valence-electron chi connectivity index (χ1n) is 9.49. The van der Waals surface area contributed by atoms with Crippen LogP contribution in [0.5, 0.6) is 0 Å². The van der Waals surface area contributed by atoms with E-state index in [0.29, 0.717) is 22.0 Å². The summed E-state index contributed by atoms with van der Waals surface area (Å²) < 4.78 is 1.68.